The first-order valence-electron chi connectivity index (χ1n) is 10.5. The van der Waals surface area contributed by atoms with Gasteiger partial charge in [0.1, 0.15) is 11.6 Å². The number of carbonyl (C=O) groups excluding carboxylic acids is 1. The van der Waals surface area contributed by atoms with Crippen molar-refractivity contribution in [1.82, 2.24) is 9.97 Å². The van der Waals surface area contributed by atoms with Crippen LogP contribution in [0.5, 0.6) is 0 Å². The Labute approximate surface area is 200 Å². The third-order valence-corrected chi connectivity index (χ3v) is 6.55. The van der Waals surface area contributed by atoms with Crippen LogP contribution in [0.3, 0.4) is 0 Å². The number of aliphatic hydroxyl groups is 1. The van der Waals surface area contributed by atoms with Crippen LogP contribution in [0.25, 0.3) is 22.2 Å². The lowest BCUT2D eigenvalue weighted by atomic mass is 10.0. The third kappa shape index (κ3) is 5.74. The smallest absolute Gasteiger partial charge is 0.225 e. The molecular formula is C25H23ClFN3O2S. The maximum atomic E-state index is 13.4. The van der Waals surface area contributed by atoms with E-state index in [0.717, 1.165) is 39.0 Å². The number of hydrogen-bond acceptors (Lipinski definition) is 4. The Balaban J connectivity index is 1.51. The van der Waals surface area contributed by atoms with Crippen molar-refractivity contribution >= 4 is 46.0 Å². The molecule has 0 aliphatic heterocycles. The molecule has 0 unspecified atom stereocenters. The Morgan fingerprint density at radius 2 is 2.00 bits per heavy atom. The van der Waals surface area contributed by atoms with Gasteiger partial charge >= 0.3 is 0 Å². The first-order chi connectivity index (χ1) is 16.0. The molecular weight excluding hydrogens is 461 g/mol. The number of nitrogens with zero attached hydrogens (tertiary/aromatic N) is 1. The predicted octanol–water partition coefficient (Wildman–Crippen LogP) is 5.82. The van der Waals surface area contributed by atoms with Crippen molar-refractivity contribution in [3.05, 3.63) is 82.8 Å². The number of aryl methyl sites for hydroxylation is 1. The van der Waals surface area contributed by atoms with Gasteiger partial charge in [-0.2, -0.15) is 11.8 Å². The highest BCUT2D eigenvalue weighted by Crippen LogP contribution is 2.34. The van der Waals surface area contributed by atoms with Gasteiger partial charge in [-0.05, 0) is 65.6 Å². The summed E-state index contributed by atoms with van der Waals surface area (Å²) < 4.78 is 13.4. The Morgan fingerprint density at radius 1 is 1.18 bits per heavy atom. The van der Waals surface area contributed by atoms with Crippen LogP contribution in [-0.4, -0.2) is 33.3 Å². The van der Waals surface area contributed by atoms with Gasteiger partial charge in [0.25, 0.3) is 0 Å². The second-order valence-corrected chi connectivity index (χ2v) is 9.03. The summed E-state index contributed by atoms with van der Waals surface area (Å²) in [7, 11) is 0. The van der Waals surface area contributed by atoms with Gasteiger partial charge in [-0.1, -0.05) is 23.7 Å². The molecule has 2 aromatic carbocycles. The van der Waals surface area contributed by atoms with Crippen LogP contribution in [0, 0.1) is 5.82 Å². The largest absolute Gasteiger partial charge is 0.396 e. The summed E-state index contributed by atoms with van der Waals surface area (Å²) in [5, 5.41) is 13.3. The number of pyridine rings is 1. The van der Waals surface area contributed by atoms with Crippen molar-refractivity contribution in [2.75, 3.05) is 17.7 Å². The monoisotopic (exact) mass is 483 g/mol. The van der Waals surface area contributed by atoms with Gasteiger partial charge in [0.2, 0.25) is 5.91 Å². The summed E-state index contributed by atoms with van der Waals surface area (Å²) in [6, 6.07) is 15.6. The van der Waals surface area contributed by atoms with Gasteiger partial charge in [0, 0.05) is 35.2 Å². The van der Waals surface area contributed by atoms with Crippen molar-refractivity contribution in [3.63, 3.8) is 0 Å². The minimum Gasteiger partial charge on any atom is -0.396 e. The van der Waals surface area contributed by atoms with E-state index in [1.807, 2.05) is 30.3 Å². The Morgan fingerprint density at radius 3 is 2.79 bits per heavy atom. The zero-order chi connectivity index (χ0) is 23.2. The normalized spacial score (nSPS) is 11.1. The molecule has 0 fully saturated rings. The average molecular weight is 484 g/mol. The molecule has 4 rings (SSSR count). The molecule has 0 atom stereocenters. The van der Waals surface area contributed by atoms with Crippen molar-refractivity contribution in [2.24, 2.45) is 0 Å². The molecule has 2 aromatic heterocycles. The molecule has 0 aliphatic carbocycles. The summed E-state index contributed by atoms with van der Waals surface area (Å²) in [6.07, 6.45) is 2.39. The quantitative estimate of drug-likeness (QED) is 0.262. The Hall–Kier alpha value is -2.87. The molecule has 3 N–H and O–H groups in total. The molecule has 0 radical (unpaired) electrons. The van der Waals surface area contributed by atoms with Crippen molar-refractivity contribution in [2.45, 2.75) is 18.6 Å². The van der Waals surface area contributed by atoms with E-state index in [1.165, 1.54) is 12.1 Å². The summed E-state index contributed by atoms with van der Waals surface area (Å²) in [4.78, 5) is 20.3. The molecule has 0 bridgehead atoms. The Bertz CT molecular complexity index is 1260. The second kappa shape index (κ2) is 10.8. The van der Waals surface area contributed by atoms with E-state index in [0.29, 0.717) is 23.0 Å². The molecule has 1 amide bonds. The fraction of sp³-hybridized carbons (Fsp3) is 0.200. The van der Waals surface area contributed by atoms with Gasteiger partial charge in [-0.25, -0.2) is 9.37 Å². The number of benzene rings is 2. The molecule has 33 heavy (non-hydrogen) atoms. The standard InChI is InChI=1S/C25H23ClFN3O2S/c26-21-3-1-2-19-20(24(30-25(19)21)17-4-6-18(27)7-5-17)8-9-23(32)29-22-14-16(10-11-28-22)15-33-13-12-31/h1-7,10-11,14,30-31H,8-9,12-13,15H2,(H,28,29,32). The molecule has 8 heteroatoms. The number of aromatic nitrogens is 2. The SMILES string of the molecule is O=C(CCc1c(-c2ccc(F)cc2)[nH]c2c(Cl)cccc12)Nc1cc(CSCCO)ccn1. The van der Waals surface area contributed by atoms with Crippen LogP contribution < -0.4 is 5.32 Å². The summed E-state index contributed by atoms with van der Waals surface area (Å²) in [5.74, 6) is 1.45. The molecule has 5 nitrogen and oxygen atoms in total. The maximum absolute atomic E-state index is 13.4. The van der Waals surface area contributed by atoms with E-state index >= 15 is 0 Å². The molecule has 0 spiro atoms. The van der Waals surface area contributed by atoms with Gasteiger partial charge < -0.3 is 15.4 Å². The minimum atomic E-state index is -0.307. The van der Waals surface area contributed by atoms with Crippen LogP contribution in [0.4, 0.5) is 10.2 Å². The second-order valence-electron chi connectivity index (χ2n) is 7.52. The van der Waals surface area contributed by atoms with Crippen LogP contribution in [-0.2, 0) is 17.0 Å². The lowest BCUT2D eigenvalue weighted by Crippen LogP contribution is -2.13. The summed E-state index contributed by atoms with van der Waals surface area (Å²) in [6.45, 7) is 0.137. The van der Waals surface area contributed by atoms with Crippen LogP contribution in [0.1, 0.15) is 17.5 Å². The van der Waals surface area contributed by atoms with Crippen molar-refractivity contribution in [1.29, 1.82) is 0 Å². The minimum absolute atomic E-state index is 0.137. The average Bonchev–Trinajstić information content (AvgIpc) is 3.18. The number of anilines is 1. The number of nitrogens with one attached hydrogen (secondary N) is 2. The number of aromatic amines is 1. The van der Waals surface area contributed by atoms with Crippen molar-refractivity contribution in [3.8, 4) is 11.3 Å². The van der Waals surface area contributed by atoms with Crippen LogP contribution in [0.2, 0.25) is 5.02 Å². The molecule has 170 valence electrons. The van der Waals surface area contributed by atoms with Gasteiger partial charge in [0.05, 0.1) is 17.1 Å². The van der Waals surface area contributed by atoms with E-state index in [9.17, 15) is 9.18 Å². The topological polar surface area (TPSA) is 78.0 Å². The number of amides is 1. The zero-order valence-electron chi connectivity index (χ0n) is 17.8. The number of hydrogen-bond donors (Lipinski definition) is 3. The third-order valence-electron chi connectivity index (χ3n) is 5.22. The number of aliphatic hydroxyl groups excluding tert-OH is 1. The van der Waals surface area contributed by atoms with Crippen LogP contribution in [0.15, 0.2) is 60.8 Å². The highest BCUT2D eigenvalue weighted by molar-refractivity contribution is 7.98. The lowest BCUT2D eigenvalue weighted by molar-refractivity contribution is -0.116. The van der Waals surface area contributed by atoms with E-state index < -0.39 is 0 Å². The number of rotatable bonds is 9. The number of thioether (sulfide) groups is 1. The number of carbonyl (C=O) groups is 1. The van der Waals surface area contributed by atoms with Gasteiger partial charge in [0.15, 0.2) is 0 Å². The van der Waals surface area contributed by atoms with E-state index in [-0.39, 0.29) is 24.8 Å². The highest BCUT2D eigenvalue weighted by atomic mass is 35.5. The summed E-state index contributed by atoms with van der Waals surface area (Å²) >= 11 is 8.01. The van der Waals surface area contributed by atoms with E-state index in [1.54, 1.807) is 30.1 Å². The van der Waals surface area contributed by atoms with Gasteiger partial charge in [-0.15, -0.1) is 0 Å². The number of halogens is 2. The zero-order valence-corrected chi connectivity index (χ0v) is 19.3. The van der Waals surface area contributed by atoms with E-state index in [2.05, 4.69) is 15.3 Å². The number of para-hydroxylation sites is 1. The first-order valence-corrected chi connectivity index (χ1v) is 12.1. The highest BCUT2D eigenvalue weighted by Gasteiger charge is 2.16. The number of H-pyrrole nitrogens is 1. The molecule has 2 heterocycles. The fourth-order valence-corrected chi connectivity index (χ4v) is 4.60. The summed E-state index contributed by atoms with van der Waals surface area (Å²) in [5.41, 5.74) is 4.43. The lowest BCUT2D eigenvalue weighted by Gasteiger charge is -2.08. The van der Waals surface area contributed by atoms with E-state index in [4.69, 9.17) is 16.7 Å². The molecule has 0 saturated carbocycles. The number of fused-ring (bicyclic) bond motifs is 1. The fourth-order valence-electron chi connectivity index (χ4n) is 3.69. The molecule has 4 aromatic rings. The van der Waals surface area contributed by atoms with Gasteiger partial charge in [-0.3, -0.25) is 4.79 Å². The van der Waals surface area contributed by atoms with Crippen LogP contribution >= 0.6 is 23.4 Å². The Kier molecular flexibility index (Phi) is 7.65. The molecule has 0 aliphatic rings. The maximum Gasteiger partial charge on any atom is 0.225 e. The first kappa shape index (κ1) is 23.3. The molecule has 0 saturated heterocycles. The predicted molar refractivity (Wildman–Crippen MR) is 133 cm³/mol. The van der Waals surface area contributed by atoms with Crippen molar-refractivity contribution < 1.29 is 14.3 Å².